The Morgan fingerprint density at radius 2 is 1.58 bits per heavy atom. The fourth-order valence-corrected chi connectivity index (χ4v) is 11.0. The minimum absolute atomic E-state index is 0.000813. The second-order valence-electron chi connectivity index (χ2n) is 14.9. The van der Waals surface area contributed by atoms with Crippen LogP contribution in [0.4, 0.5) is 0 Å². The van der Waals surface area contributed by atoms with Crippen LogP contribution in [-0.4, -0.2) is 87.0 Å². The van der Waals surface area contributed by atoms with Crippen LogP contribution in [0, 0.1) is 17.3 Å². The number of benzene rings is 1. The molecule has 7 aliphatic rings. The van der Waals surface area contributed by atoms with Crippen LogP contribution in [0.15, 0.2) is 48.6 Å². The summed E-state index contributed by atoms with van der Waals surface area (Å²) in [6, 6.07) is 8.84. The van der Waals surface area contributed by atoms with E-state index in [1.54, 1.807) is 0 Å². The molecule has 1 aromatic carbocycles. The summed E-state index contributed by atoms with van der Waals surface area (Å²) >= 11 is 0. The van der Waals surface area contributed by atoms with Gasteiger partial charge >= 0.3 is 0 Å². The number of H-pyrrole nitrogens is 1. The monoisotopic (exact) mass is 584 g/mol. The Kier molecular flexibility index (Phi) is 7.58. The Bertz CT molecular complexity index is 1370. The molecule has 9 atom stereocenters. The molecule has 2 unspecified atom stereocenters. The lowest BCUT2D eigenvalue weighted by atomic mass is 9.46. The van der Waals surface area contributed by atoms with Gasteiger partial charge < -0.3 is 20.1 Å². The Labute approximate surface area is 257 Å². The van der Waals surface area contributed by atoms with Gasteiger partial charge in [-0.15, -0.1) is 0 Å². The zero-order valence-electron chi connectivity index (χ0n) is 26.0. The number of para-hydroxylation sites is 1. The van der Waals surface area contributed by atoms with Crippen molar-refractivity contribution < 1.29 is 10.2 Å². The summed E-state index contributed by atoms with van der Waals surface area (Å²) in [5, 5.41) is 27.4. The van der Waals surface area contributed by atoms with Gasteiger partial charge in [0.25, 0.3) is 0 Å². The van der Waals surface area contributed by atoms with Crippen molar-refractivity contribution in [1.82, 2.24) is 19.7 Å². The minimum atomic E-state index is -1.14. The van der Waals surface area contributed by atoms with E-state index in [1.165, 1.54) is 41.4 Å². The highest BCUT2D eigenvalue weighted by Crippen LogP contribution is 2.63. The Morgan fingerprint density at radius 1 is 0.814 bits per heavy atom. The summed E-state index contributed by atoms with van der Waals surface area (Å²) in [5.74, 6) is 0.368. The third kappa shape index (κ3) is 4.62. The van der Waals surface area contributed by atoms with Gasteiger partial charge in [-0.25, -0.2) is 0 Å². The molecular formula is C37H52N4O2. The Morgan fingerprint density at radius 3 is 2.44 bits per heavy atom. The zero-order valence-corrected chi connectivity index (χ0v) is 26.0. The van der Waals surface area contributed by atoms with Crippen molar-refractivity contribution in [1.29, 1.82) is 0 Å². The standard InChI is InChI=1S/C37H52N4O2/c42-34-31-29-18-23-39-21-13-7-3-2-6-12-20-37(34,43)35-36(29,25-39)19-11-5-1-4-8-14-22-41(35)26-40-24-17-28-27-15-9-10-16-30(27)38-32(28)33(31)40/h1-2,5-6,9-10,15-16,29,31,33-35,38,42-43H,3-4,7-8,11-14,17-26H2/b5-1-,6-2-/t29-,31+,33+,34-,35+,36-,37-/m0/s1. The molecule has 6 nitrogen and oxygen atoms in total. The van der Waals surface area contributed by atoms with Gasteiger partial charge in [0.05, 0.1) is 18.8 Å². The van der Waals surface area contributed by atoms with Gasteiger partial charge in [0.1, 0.15) is 5.60 Å². The van der Waals surface area contributed by atoms with E-state index in [0.29, 0.717) is 12.3 Å². The quantitative estimate of drug-likeness (QED) is 0.343. The molecule has 6 bridgehead atoms. The van der Waals surface area contributed by atoms with Crippen LogP contribution in [-0.2, 0) is 6.42 Å². The van der Waals surface area contributed by atoms with Crippen molar-refractivity contribution in [2.45, 2.75) is 101 Å². The summed E-state index contributed by atoms with van der Waals surface area (Å²) in [6.45, 7) is 6.20. The van der Waals surface area contributed by atoms with Gasteiger partial charge in [-0.05, 0) is 114 Å². The van der Waals surface area contributed by atoms with Crippen molar-refractivity contribution in [2.24, 2.45) is 17.3 Å². The van der Waals surface area contributed by atoms with Gasteiger partial charge in [0, 0.05) is 47.1 Å². The number of nitrogens with one attached hydrogen (secondary N) is 1. The highest BCUT2D eigenvalue weighted by atomic mass is 16.3. The summed E-state index contributed by atoms with van der Waals surface area (Å²) in [6.07, 6.45) is 21.6. The Hall–Kier alpha value is -1.96. The maximum absolute atomic E-state index is 13.3. The van der Waals surface area contributed by atoms with E-state index in [0.717, 1.165) is 90.8 Å². The molecule has 43 heavy (non-hydrogen) atoms. The molecule has 0 amide bonds. The molecule has 1 aliphatic carbocycles. The van der Waals surface area contributed by atoms with Crippen LogP contribution >= 0.6 is 0 Å². The van der Waals surface area contributed by atoms with E-state index >= 15 is 0 Å². The molecule has 6 aliphatic heterocycles. The van der Waals surface area contributed by atoms with Crippen LogP contribution in [0.3, 0.4) is 0 Å². The van der Waals surface area contributed by atoms with Gasteiger partial charge in [0.2, 0.25) is 0 Å². The molecule has 232 valence electrons. The van der Waals surface area contributed by atoms with Gasteiger partial charge in [-0.2, -0.15) is 0 Å². The topological polar surface area (TPSA) is 66.0 Å². The highest BCUT2D eigenvalue weighted by Gasteiger charge is 2.69. The van der Waals surface area contributed by atoms with Gasteiger partial charge in [-0.3, -0.25) is 9.80 Å². The first-order chi connectivity index (χ1) is 21.1. The highest BCUT2D eigenvalue weighted by molar-refractivity contribution is 5.85. The predicted octanol–water partition coefficient (Wildman–Crippen LogP) is 5.78. The number of piperidine rings is 1. The van der Waals surface area contributed by atoms with E-state index < -0.39 is 11.7 Å². The maximum Gasteiger partial charge on any atom is 0.107 e. The van der Waals surface area contributed by atoms with Crippen molar-refractivity contribution >= 4 is 10.9 Å². The molecule has 3 saturated heterocycles. The van der Waals surface area contributed by atoms with Crippen molar-refractivity contribution in [3.8, 4) is 0 Å². The number of hydrogen-bond donors (Lipinski definition) is 3. The van der Waals surface area contributed by atoms with Gasteiger partial charge in [-0.1, -0.05) is 42.5 Å². The number of hydrogen-bond acceptors (Lipinski definition) is 5. The van der Waals surface area contributed by atoms with Crippen LogP contribution < -0.4 is 0 Å². The summed E-state index contributed by atoms with van der Waals surface area (Å²) in [5.41, 5.74) is 2.78. The maximum atomic E-state index is 13.3. The minimum Gasteiger partial charge on any atom is -0.390 e. The molecule has 6 heteroatoms. The third-order valence-electron chi connectivity index (χ3n) is 12.6. The van der Waals surface area contributed by atoms with E-state index in [2.05, 4.69) is 68.3 Å². The fraction of sp³-hybridized carbons (Fsp3) is 0.676. The van der Waals surface area contributed by atoms with Crippen LogP contribution in [0.5, 0.6) is 0 Å². The molecule has 1 aromatic heterocycles. The third-order valence-corrected chi connectivity index (χ3v) is 12.6. The number of allylic oxidation sites excluding steroid dienone is 4. The average Bonchev–Trinajstić information content (AvgIpc) is 3.36. The van der Waals surface area contributed by atoms with Crippen LogP contribution in [0.25, 0.3) is 10.9 Å². The molecule has 2 aromatic rings. The summed E-state index contributed by atoms with van der Waals surface area (Å²) < 4.78 is 0. The summed E-state index contributed by atoms with van der Waals surface area (Å²) in [4.78, 5) is 12.1. The largest absolute Gasteiger partial charge is 0.390 e. The van der Waals surface area contributed by atoms with Crippen molar-refractivity contribution in [3.05, 3.63) is 59.8 Å². The average molecular weight is 585 g/mol. The number of nitrogens with zero attached hydrogens (tertiary/aromatic N) is 3. The molecule has 4 fully saturated rings. The first-order valence-electron chi connectivity index (χ1n) is 17.6. The number of aromatic amines is 1. The molecule has 3 N–H and O–H groups in total. The second kappa shape index (κ2) is 11.4. The lowest BCUT2D eigenvalue weighted by molar-refractivity contribution is -0.283. The van der Waals surface area contributed by atoms with E-state index in [9.17, 15) is 10.2 Å². The second-order valence-corrected chi connectivity index (χ2v) is 14.9. The number of aliphatic hydroxyl groups is 2. The van der Waals surface area contributed by atoms with Crippen LogP contribution in [0.1, 0.15) is 87.9 Å². The number of fused-ring (bicyclic) bond motifs is 4. The SMILES string of the molecule is O[C@H]1[C@H]2[C@@H]3c4[nH]c5ccccc5c4CCN3CN3CCCC/C=C\CC[C@@]45CN(CCCC/C=C\CC[C@@]1(O)[C@H]34)CC[C@@H]25. The number of rotatable bonds is 0. The molecule has 9 rings (SSSR count). The predicted molar refractivity (Wildman–Crippen MR) is 173 cm³/mol. The smallest absolute Gasteiger partial charge is 0.107 e. The first-order valence-corrected chi connectivity index (χ1v) is 17.6. The first kappa shape index (κ1) is 28.5. The number of aromatic nitrogens is 1. The lowest BCUT2D eigenvalue weighted by Gasteiger charge is -2.70. The molecule has 0 radical (unpaired) electrons. The summed E-state index contributed by atoms with van der Waals surface area (Å²) in [7, 11) is 0. The normalized spacial score (nSPS) is 43.5. The Balaban J connectivity index is 1.35. The molecular weight excluding hydrogens is 532 g/mol. The molecule has 1 spiro atoms. The van der Waals surface area contributed by atoms with E-state index in [-0.39, 0.29) is 23.4 Å². The molecule has 7 heterocycles. The fourth-order valence-electron chi connectivity index (χ4n) is 11.0. The van der Waals surface area contributed by atoms with Crippen LogP contribution in [0.2, 0.25) is 0 Å². The van der Waals surface area contributed by atoms with Crippen molar-refractivity contribution in [2.75, 3.05) is 39.4 Å². The zero-order chi connectivity index (χ0) is 29.0. The van der Waals surface area contributed by atoms with Crippen molar-refractivity contribution in [3.63, 3.8) is 0 Å². The van der Waals surface area contributed by atoms with E-state index in [4.69, 9.17) is 0 Å². The lowest BCUT2D eigenvalue weighted by Crippen LogP contribution is -2.80. The molecule has 1 saturated carbocycles. The van der Waals surface area contributed by atoms with Gasteiger partial charge in [0.15, 0.2) is 0 Å². The van der Waals surface area contributed by atoms with E-state index in [1.807, 2.05) is 0 Å². The number of aliphatic hydroxyl groups excluding tert-OH is 1.